The van der Waals surface area contributed by atoms with Crippen LogP contribution in [-0.4, -0.2) is 34.2 Å². The van der Waals surface area contributed by atoms with E-state index >= 15 is 0 Å². The molecule has 1 aromatic heterocycles. The third kappa shape index (κ3) is 8.95. The summed E-state index contributed by atoms with van der Waals surface area (Å²) in [6, 6.07) is 3.24. The summed E-state index contributed by atoms with van der Waals surface area (Å²) in [5.41, 5.74) is 0. The van der Waals surface area contributed by atoms with Gasteiger partial charge in [-0.05, 0) is 93.4 Å². The molecule has 0 radical (unpaired) electrons. The summed E-state index contributed by atoms with van der Waals surface area (Å²) in [6.07, 6.45) is -1.27. The van der Waals surface area contributed by atoms with Crippen molar-refractivity contribution in [3.8, 4) is 17.2 Å². The second-order valence-corrected chi connectivity index (χ2v) is 10.5. The van der Waals surface area contributed by atoms with Gasteiger partial charge in [-0.1, -0.05) is 12.2 Å². The second kappa shape index (κ2) is 12.8. The number of alkyl halides is 7. The van der Waals surface area contributed by atoms with Gasteiger partial charge < -0.3 is 19.3 Å². The molecule has 2 aliphatic carbocycles. The lowest BCUT2D eigenvalue weighted by atomic mass is 9.79. The van der Waals surface area contributed by atoms with Crippen molar-refractivity contribution in [2.24, 2.45) is 23.7 Å². The summed E-state index contributed by atoms with van der Waals surface area (Å²) in [7, 11) is 0. The fourth-order valence-electron chi connectivity index (χ4n) is 5.19. The van der Waals surface area contributed by atoms with Gasteiger partial charge in [-0.3, -0.25) is 0 Å². The smallest absolute Gasteiger partial charge is 0.429 e. The number of rotatable bonds is 10. The van der Waals surface area contributed by atoms with Crippen LogP contribution >= 0.6 is 0 Å². The summed E-state index contributed by atoms with van der Waals surface area (Å²) in [4.78, 5) is 6.78. The molecule has 0 atom stereocenters. The second-order valence-electron chi connectivity index (χ2n) is 10.5. The third-order valence-electron chi connectivity index (χ3n) is 7.50. The quantitative estimate of drug-likeness (QED) is 0.226. The number of halogens is 7. The first-order valence-corrected chi connectivity index (χ1v) is 13.4. The molecule has 2 aliphatic rings. The standard InChI is InChI=1S/C28H31F7N2O4/c29-26(30,21-9-7-19(8-10-21)2-1-18-3-5-20(17-38)6-4-18)40-24-15-36-25(37-16-24)27(31,32)39-22-11-13-23(14-12-22)41-28(33,34)35/h1-2,11-16,18-21,38H,3-10,17H2/b2-1+. The summed E-state index contributed by atoms with van der Waals surface area (Å²) < 4.78 is 108. The molecular weight excluding hydrogens is 561 g/mol. The van der Waals surface area contributed by atoms with Gasteiger partial charge >= 0.3 is 18.6 Å². The van der Waals surface area contributed by atoms with E-state index in [2.05, 4.69) is 31.6 Å². The van der Waals surface area contributed by atoms with Crippen molar-refractivity contribution in [2.45, 2.75) is 69.9 Å². The van der Waals surface area contributed by atoms with Gasteiger partial charge in [0.2, 0.25) is 5.82 Å². The number of hydrogen-bond acceptors (Lipinski definition) is 6. The van der Waals surface area contributed by atoms with Crippen molar-refractivity contribution in [3.63, 3.8) is 0 Å². The Morgan fingerprint density at radius 3 is 1.66 bits per heavy atom. The molecule has 13 heteroatoms. The molecule has 2 saturated carbocycles. The van der Waals surface area contributed by atoms with E-state index in [-0.39, 0.29) is 25.4 Å². The first-order valence-electron chi connectivity index (χ1n) is 13.4. The Morgan fingerprint density at radius 1 is 0.683 bits per heavy atom. The number of aliphatic hydroxyl groups excluding tert-OH is 1. The zero-order valence-corrected chi connectivity index (χ0v) is 22.0. The topological polar surface area (TPSA) is 73.7 Å². The highest BCUT2D eigenvalue weighted by Gasteiger charge is 2.44. The fourth-order valence-corrected chi connectivity index (χ4v) is 5.19. The maximum atomic E-state index is 14.9. The first kappa shape index (κ1) is 30.9. The van der Waals surface area contributed by atoms with Gasteiger partial charge in [0.1, 0.15) is 11.5 Å². The molecule has 0 spiro atoms. The van der Waals surface area contributed by atoms with Crippen molar-refractivity contribution >= 4 is 0 Å². The molecule has 0 aliphatic heterocycles. The summed E-state index contributed by atoms with van der Waals surface area (Å²) in [5, 5.41) is 9.26. The predicted molar refractivity (Wildman–Crippen MR) is 132 cm³/mol. The van der Waals surface area contributed by atoms with Gasteiger partial charge in [0.15, 0.2) is 5.75 Å². The zero-order valence-electron chi connectivity index (χ0n) is 22.0. The van der Waals surface area contributed by atoms with Crippen LogP contribution in [0.4, 0.5) is 30.7 Å². The van der Waals surface area contributed by atoms with E-state index in [1.165, 1.54) is 0 Å². The lowest BCUT2D eigenvalue weighted by molar-refractivity contribution is -0.274. The van der Waals surface area contributed by atoms with Crippen LogP contribution in [0.3, 0.4) is 0 Å². The lowest BCUT2D eigenvalue weighted by Gasteiger charge is -2.32. The van der Waals surface area contributed by atoms with E-state index in [1.54, 1.807) is 0 Å². The largest absolute Gasteiger partial charge is 0.573 e. The number of allylic oxidation sites excluding steroid dienone is 2. The molecule has 6 nitrogen and oxygen atoms in total. The van der Waals surface area contributed by atoms with Crippen molar-refractivity contribution in [3.05, 3.63) is 54.6 Å². The van der Waals surface area contributed by atoms with Gasteiger partial charge in [-0.2, -0.15) is 17.6 Å². The van der Waals surface area contributed by atoms with Crippen molar-refractivity contribution < 1.29 is 50.1 Å². The lowest BCUT2D eigenvalue weighted by Crippen LogP contribution is -2.37. The molecular formula is C28H31F7N2O4. The Balaban J connectivity index is 1.26. The van der Waals surface area contributed by atoms with E-state index in [0.717, 1.165) is 49.9 Å². The molecule has 226 valence electrons. The number of ether oxygens (including phenoxy) is 3. The summed E-state index contributed by atoms with van der Waals surface area (Å²) >= 11 is 0. The summed E-state index contributed by atoms with van der Waals surface area (Å²) in [6.45, 7) is 0.221. The Bertz CT molecular complexity index is 1130. The number of aromatic nitrogens is 2. The van der Waals surface area contributed by atoms with Crippen LogP contribution in [0, 0.1) is 23.7 Å². The van der Waals surface area contributed by atoms with Crippen molar-refractivity contribution in [1.82, 2.24) is 9.97 Å². The van der Waals surface area contributed by atoms with Gasteiger partial charge in [0.25, 0.3) is 0 Å². The van der Waals surface area contributed by atoms with Gasteiger partial charge in [-0.25, -0.2) is 9.97 Å². The molecule has 1 heterocycles. The highest BCUT2D eigenvalue weighted by atomic mass is 19.4. The average Bonchev–Trinajstić information content (AvgIpc) is 2.93. The minimum absolute atomic E-state index is 0.204. The number of aliphatic hydroxyl groups is 1. The van der Waals surface area contributed by atoms with Gasteiger partial charge in [0.05, 0.1) is 18.3 Å². The van der Waals surface area contributed by atoms with Crippen LogP contribution in [-0.2, 0) is 6.11 Å². The van der Waals surface area contributed by atoms with Crippen LogP contribution in [0.15, 0.2) is 48.8 Å². The van der Waals surface area contributed by atoms with Crippen LogP contribution in [0.25, 0.3) is 0 Å². The number of benzene rings is 1. The normalized spacial score (nSPS) is 24.3. The van der Waals surface area contributed by atoms with E-state index in [0.29, 0.717) is 37.1 Å². The number of hydrogen-bond donors (Lipinski definition) is 1. The molecule has 0 unspecified atom stereocenters. The maximum Gasteiger partial charge on any atom is 0.573 e. The molecule has 0 saturated heterocycles. The third-order valence-corrected chi connectivity index (χ3v) is 7.50. The van der Waals surface area contributed by atoms with E-state index in [9.17, 15) is 35.8 Å². The molecule has 0 bridgehead atoms. The molecule has 4 rings (SSSR count). The first-order chi connectivity index (χ1) is 19.3. The highest BCUT2D eigenvalue weighted by Crippen LogP contribution is 2.41. The molecule has 2 aromatic rings. The highest BCUT2D eigenvalue weighted by molar-refractivity contribution is 5.31. The Hall–Kier alpha value is -3.09. The van der Waals surface area contributed by atoms with E-state index in [4.69, 9.17) is 4.74 Å². The van der Waals surface area contributed by atoms with Crippen molar-refractivity contribution in [1.29, 1.82) is 0 Å². The average molecular weight is 593 g/mol. The molecule has 1 N–H and O–H groups in total. The Kier molecular flexibility index (Phi) is 9.66. The SMILES string of the molecule is OCC1CCC(/C=C/C2CCC(C(F)(F)Oc3cnc(C(F)(F)Oc4ccc(OC(F)(F)F)cc4)nc3)CC2)CC1. The minimum atomic E-state index is -4.95. The van der Waals surface area contributed by atoms with Crippen LogP contribution in [0.1, 0.15) is 57.2 Å². The molecule has 1 aromatic carbocycles. The Labute approximate surface area is 232 Å². The van der Waals surface area contributed by atoms with Gasteiger partial charge in [-0.15, -0.1) is 13.2 Å². The Morgan fingerprint density at radius 2 is 1.17 bits per heavy atom. The minimum Gasteiger partial charge on any atom is -0.429 e. The van der Waals surface area contributed by atoms with Crippen LogP contribution in [0.2, 0.25) is 0 Å². The van der Waals surface area contributed by atoms with Crippen molar-refractivity contribution in [2.75, 3.05) is 6.61 Å². The molecule has 2 fully saturated rings. The number of nitrogens with zero attached hydrogens (tertiary/aromatic N) is 2. The summed E-state index contributed by atoms with van der Waals surface area (Å²) in [5.74, 6) is -2.80. The fraction of sp³-hybridized carbons (Fsp3) is 0.571. The molecule has 41 heavy (non-hydrogen) atoms. The maximum absolute atomic E-state index is 14.9. The van der Waals surface area contributed by atoms with Gasteiger partial charge in [0, 0.05) is 6.61 Å². The van der Waals surface area contributed by atoms with Crippen LogP contribution < -0.4 is 14.2 Å². The van der Waals surface area contributed by atoms with Crippen LogP contribution in [0.5, 0.6) is 17.2 Å². The predicted octanol–water partition coefficient (Wildman–Crippen LogP) is 7.64. The molecule has 0 amide bonds. The van der Waals surface area contributed by atoms with E-state index in [1.807, 2.05) is 0 Å². The van der Waals surface area contributed by atoms with E-state index < -0.39 is 47.6 Å². The zero-order chi connectivity index (χ0) is 29.7. The monoisotopic (exact) mass is 592 g/mol.